The minimum absolute atomic E-state index is 0.00460. The monoisotopic (exact) mass is 568 g/mol. The normalized spacial score (nSPS) is 36.9. The Morgan fingerprint density at radius 2 is 1.83 bits per heavy atom. The lowest BCUT2D eigenvalue weighted by atomic mass is 9.45. The Morgan fingerprint density at radius 3 is 2.51 bits per heavy atom. The molecule has 0 radical (unpaired) electrons. The van der Waals surface area contributed by atoms with Crippen molar-refractivity contribution in [2.75, 3.05) is 13.2 Å². The molecule has 7 atom stereocenters. The van der Waals surface area contributed by atoms with Crippen LogP contribution in [0.5, 0.6) is 0 Å². The number of hydrogen-bond acceptors (Lipinski definition) is 8. The molecule has 1 amide bonds. The van der Waals surface area contributed by atoms with Gasteiger partial charge in [-0.1, -0.05) is 36.7 Å². The third kappa shape index (κ3) is 5.00. The maximum Gasteiger partial charge on any atom is 0.335 e. The molecule has 10 heteroatoms. The highest BCUT2D eigenvalue weighted by Crippen LogP contribution is 2.67. The van der Waals surface area contributed by atoms with Crippen LogP contribution in [-0.2, 0) is 21.0 Å². The molecule has 1 aromatic carbocycles. The van der Waals surface area contributed by atoms with Crippen LogP contribution >= 0.6 is 0 Å². The molecule has 0 unspecified atom stereocenters. The number of carboxylic acids is 1. The Bertz CT molecular complexity index is 1280. The van der Waals surface area contributed by atoms with Gasteiger partial charge < -0.3 is 30.6 Å². The fourth-order valence-corrected chi connectivity index (χ4v) is 8.56. The number of fused-ring (bicyclic) bond motifs is 5. The van der Waals surface area contributed by atoms with Crippen LogP contribution in [0.4, 0.5) is 0 Å². The van der Waals surface area contributed by atoms with Crippen LogP contribution < -0.4 is 5.32 Å². The van der Waals surface area contributed by atoms with Crippen molar-refractivity contribution >= 4 is 23.4 Å². The van der Waals surface area contributed by atoms with Crippen molar-refractivity contribution in [2.24, 2.45) is 33.7 Å². The molecule has 1 aromatic rings. The molecule has 5 N–H and O–H groups in total. The molecule has 3 saturated carbocycles. The molecule has 0 bridgehead atoms. The van der Waals surface area contributed by atoms with Crippen LogP contribution in [0.3, 0.4) is 0 Å². The van der Waals surface area contributed by atoms with Crippen LogP contribution in [0.25, 0.3) is 0 Å². The molecule has 4 aliphatic carbocycles. The first-order valence-corrected chi connectivity index (χ1v) is 14.5. The van der Waals surface area contributed by atoms with E-state index in [-0.39, 0.29) is 47.8 Å². The lowest BCUT2D eigenvalue weighted by molar-refractivity contribution is -0.181. The largest absolute Gasteiger partial charge is 0.478 e. The van der Waals surface area contributed by atoms with E-state index in [1.165, 1.54) is 17.7 Å². The summed E-state index contributed by atoms with van der Waals surface area (Å²) < 4.78 is 0. The first kappa shape index (κ1) is 29.4. The van der Waals surface area contributed by atoms with E-state index < -0.39 is 35.5 Å². The number of hydrogen-bond donors (Lipinski definition) is 5. The second-order valence-electron chi connectivity index (χ2n) is 12.7. The topological polar surface area (TPSA) is 166 Å². The van der Waals surface area contributed by atoms with Gasteiger partial charge in [0.2, 0.25) is 0 Å². The molecule has 0 heterocycles. The Kier molecular flexibility index (Phi) is 7.86. The number of aliphatic hydroxyl groups excluding tert-OH is 2. The summed E-state index contributed by atoms with van der Waals surface area (Å²) >= 11 is 0. The number of amides is 1. The number of carboxylic acid groups (broad SMARTS) is 1. The molecule has 41 heavy (non-hydrogen) atoms. The summed E-state index contributed by atoms with van der Waals surface area (Å²) in [5.74, 6) is -1.61. The second kappa shape index (κ2) is 11.0. The summed E-state index contributed by atoms with van der Waals surface area (Å²) in [5.41, 5.74) is 0.323. The van der Waals surface area contributed by atoms with Crippen LogP contribution in [0.1, 0.15) is 74.7 Å². The zero-order valence-electron chi connectivity index (χ0n) is 23.6. The number of allylic oxidation sites excluding steroid dienone is 2. The summed E-state index contributed by atoms with van der Waals surface area (Å²) in [6.07, 6.45) is 5.81. The van der Waals surface area contributed by atoms with Gasteiger partial charge in [-0.15, -0.1) is 0 Å². The van der Waals surface area contributed by atoms with Gasteiger partial charge in [-0.05, 0) is 91.9 Å². The molecular formula is C31H40N2O8. The number of carbonyl (C=O) groups is 3. The minimum atomic E-state index is -1.60. The molecule has 0 saturated heterocycles. The van der Waals surface area contributed by atoms with E-state index in [1.54, 1.807) is 12.1 Å². The molecule has 0 spiro atoms. The summed E-state index contributed by atoms with van der Waals surface area (Å²) in [4.78, 5) is 41.2. The first-order valence-electron chi connectivity index (χ1n) is 14.5. The predicted molar refractivity (Wildman–Crippen MR) is 149 cm³/mol. The van der Waals surface area contributed by atoms with Crippen LogP contribution in [-0.4, -0.2) is 68.7 Å². The van der Waals surface area contributed by atoms with Gasteiger partial charge in [0.05, 0.1) is 17.4 Å². The van der Waals surface area contributed by atoms with Crippen molar-refractivity contribution in [2.45, 2.75) is 77.0 Å². The molecule has 0 aromatic heterocycles. The van der Waals surface area contributed by atoms with Gasteiger partial charge in [-0.3, -0.25) is 9.59 Å². The van der Waals surface area contributed by atoms with Crippen molar-refractivity contribution in [3.63, 3.8) is 0 Å². The van der Waals surface area contributed by atoms with Gasteiger partial charge in [0.15, 0.2) is 12.4 Å². The highest BCUT2D eigenvalue weighted by Gasteiger charge is 2.68. The molecule has 0 aliphatic heterocycles. The third-order valence-electron chi connectivity index (χ3n) is 10.7. The number of ketones is 1. The highest BCUT2D eigenvalue weighted by atomic mass is 16.6. The summed E-state index contributed by atoms with van der Waals surface area (Å²) in [7, 11) is 0. The van der Waals surface area contributed by atoms with Gasteiger partial charge in [0.25, 0.3) is 5.91 Å². The number of aliphatic hydroxyl groups is 3. The molecule has 5 rings (SSSR count). The van der Waals surface area contributed by atoms with Crippen LogP contribution in [0.2, 0.25) is 0 Å². The maximum atomic E-state index is 12.6. The van der Waals surface area contributed by atoms with E-state index in [0.29, 0.717) is 25.7 Å². The first-order chi connectivity index (χ1) is 19.4. The van der Waals surface area contributed by atoms with E-state index >= 15 is 0 Å². The molecule has 222 valence electrons. The Balaban J connectivity index is 1.21. The number of Topliss-reactive ketones (excluding diaryl/α,β-unsaturated/α-hetero) is 1. The standard InChI is InChI=1S/C31H40N2O8/c1-29-11-9-21(33-41-17-26(37)32-15-18-3-5-19(6-4-18)28(38)39)13-20(29)7-8-22-23-10-12-31(40,25(36)16-34)30(23,2)14-24(35)27(22)29/h3-6,13,22-24,27,34-35,40H,7-12,14-17H2,1-2H3,(H,32,37)(H,38,39)/b33-21+/t22-,23+,24+,27+,29+,30+,31+/m1/s1. The van der Waals surface area contributed by atoms with Gasteiger partial charge >= 0.3 is 5.97 Å². The summed E-state index contributed by atoms with van der Waals surface area (Å²) in [6, 6.07) is 6.27. The van der Waals surface area contributed by atoms with E-state index in [9.17, 15) is 29.7 Å². The molecule has 4 aliphatic rings. The number of nitrogens with zero attached hydrogens (tertiary/aromatic N) is 1. The number of rotatable bonds is 8. The van der Waals surface area contributed by atoms with Crippen molar-refractivity contribution < 1.29 is 39.6 Å². The number of carbonyl (C=O) groups excluding carboxylic acids is 2. The Hall–Kier alpha value is -3.08. The minimum Gasteiger partial charge on any atom is -0.478 e. The van der Waals surface area contributed by atoms with Gasteiger partial charge in [0, 0.05) is 12.0 Å². The van der Waals surface area contributed by atoms with Gasteiger partial charge in [-0.2, -0.15) is 0 Å². The number of oxime groups is 1. The maximum absolute atomic E-state index is 12.6. The van der Waals surface area contributed by atoms with Crippen molar-refractivity contribution in [3.8, 4) is 0 Å². The number of nitrogens with one attached hydrogen (secondary N) is 1. The summed E-state index contributed by atoms with van der Waals surface area (Å²) in [6.45, 7) is 3.44. The Morgan fingerprint density at radius 1 is 1.10 bits per heavy atom. The average Bonchev–Trinajstić information content (AvgIpc) is 3.22. The molecular weight excluding hydrogens is 528 g/mol. The molecule has 10 nitrogen and oxygen atoms in total. The van der Waals surface area contributed by atoms with E-state index in [0.717, 1.165) is 30.5 Å². The van der Waals surface area contributed by atoms with Crippen molar-refractivity contribution in [3.05, 3.63) is 47.0 Å². The zero-order chi connectivity index (χ0) is 29.6. The lowest BCUT2D eigenvalue weighted by Crippen LogP contribution is -2.62. The summed E-state index contributed by atoms with van der Waals surface area (Å²) in [5, 5.41) is 48.4. The smallest absolute Gasteiger partial charge is 0.335 e. The lowest BCUT2D eigenvalue weighted by Gasteiger charge is -2.60. The van der Waals surface area contributed by atoms with Gasteiger partial charge in [-0.25, -0.2) is 4.79 Å². The average molecular weight is 569 g/mol. The zero-order valence-corrected chi connectivity index (χ0v) is 23.6. The van der Waals surface area contributed by atoms with Crippen molar-refractivity contribution in [1.82, 2.24) is 5.32 Å². The SMILES string of the molecule is C[C@]12CC/C(=N\OCC(=O)NCc3ccc(C(=O)O)cc3)C=C1CC[C@H]1[C@H]2[C@@H](O)C[C@@]2(C)[C@H]1CC[C@]2(O)C(=O)CO. The van der Waals surface area contributed by atoms with E-state index in [2.05, 4.69) is 17.4 Å². The molecule has 3 fully saturated rings. The van der Waals surface area contributed by atoms with E-state index in [1.807, 2.05) is 13.0 Å². The van der Waals surface area contributed by atoms with Crippen LogP contribution in [0, 0.1) is 28.6 Å². The van der Waals surface area contributed by atoms with E-state index in [4.69, 9.17) is 9.94 Å². The fourth-order valence-electron chi connectivity index (χ4n) is 8.56. The third-order valence-corrected chi connectivity index (χ3v) is 10.7. The highest BCUT2D eigenvalue weighted by molar-refractivity contribution is 5.96. The fraction of sp³-hybridized carbons (Fsp3) is 0.613. The Labute approximate surface area is 239 Å². The quantitative estimate of drug-likeness (QED) is 0.299. The van der Waals surface area contributed by atoms with Crippen LogP contribution in [0.15, 0.2) is 41.1 Å². The van der Waals surface area contributed by atoms with Gasteiger partial charge in [0.1, 0.15) is 12.2 Å². The van der Waals surface area contributed by atoms with Crippen molar-refractivity contribution in [1.29, 1.82) is 0 Å². The second-order valence-corrected chi connectivity index (χ2v) is 12.7. The predicted octanol–water partition coefficient (Wildman–Crippen LogP) is 2.60. The number of aromatic carboxylic acids is 1. The number of benzene rings is 1.